The number of benzene rings is 2. The zero-order chi connectivity index (χ0) is 14.8. The first kappa shape index (κ1) is 12.9. The van der Waals surface area contributed by atoms with Crippen LogP contribution in [-0.2, 0) is 6.42 Å². The van der Waals surface area contributed by atoms with Crippen LogP contribution in [0, 0.1) is 21.4 Å². The SMILES string of the molecule is N#CCc1ccc2oc([N+](=O)[O-])c(-c3ccccc3)c2c1. The Labute approximate surface area is 120 Å². The second-order valence-corrected chi connectivity index (χ2v) is 4.57. The van der Waals surface area contributed by atoms with Crippen molar-refractivity contribution in [3.63, 3.8) is 0 Å². The summed E-state index contributed by atoms with van der Waals surface area (Å²) < 4.78 is 5.37. The standard InChI is InChI=1S/C16H10N2O3/c17-9-8-11-6-7-14-13(10-11)15(16(21-14)18(19)20)12-4-2-1-3-5-12/h1-7,10H,8H2. The van der Waals surface area contributed by atoms with E-state index in [2.05, 4.69) is 6.07 Å². The Morgan fingerprint density at radius 1 is 1.19 bits per heavy atom. The highest BCUT2D eigenvalue weighted by molar-refractivity contribution is 5.98. The molecule has 3 rings (SSSR count). The number of fused-ring (bicyclic) bond motifs is 1. The average molecular weight is 278 g/mol. The van der Waals surface area contributed by atoms with Crippen molar-refractivity contribution in [2.45, 2.75) is 6.42 Å². The second kappa shape index (κ2) is 5.10. The predicted octanol–water partition coefficient (Wildman–Crippen LogP) is 4.07. The second-order valence-electron chi connectivity index (χ2n) is 4.57. The molecular weight excluding hydrogens is 268 g/mol. The van der Waals surface area contributed by atoms with Crippen LogP contribution in [0.3, 0.4) is 0 Å². The molecule has 0 aliphatic carbocycles. The number of nitro groups is 1. The third-order valence-corrected chi connectivity index (χ3v) is 3.25. The summed E-state index contributed by atoms with van der Waals surface area (Å²) in [5.74, 6) is -0.273. The van der Waals surface area contributed by atoms with Crippen LogP contribution in [0.4, 0.5) is 5.88 Å². The van der Waals surface area contributed by atoms with E-state index in [9.17, 15) is 10.1 Å². The number of hydrogen-bond donors (Lipinski definition) is 0. The molecule has 0 N–H and O–H groups in total. The van der Waals surface area contributed by atoms with E-state index in [1.54, 1.807) is 30.3 Å². The van der Waals surface area contributed by atoms with Gasteiger partial charge in [-0.3, -0.25) is 10.1 Å². The van der Waals surface area contributed by atoms with Gasteiger partial charge in [-0.1, -0.05) is 36.4 Å². The minimum absolute atomic E-state index is 0.253. The smallest absolute Gasteiger partial charge is 0.400 e. The molecule has 0 fully saturated rings. The lowest BCUT2D eigenvalue weighted by Crippen LogP contribution is -1.88. The molecule has 102 valence electrons. The molecule has 5 nitrogen and oxygen atoms in total. The summed E-state index contributed by atoms with van der Waals surface area (Å²) >= 11 is 0. The molecule has 0 atom stereocenters. The van der Waals surface area contributed by atoms with Crippen molar-refractivity contribution in [1.82, 2.24) is 0 Å². The summed E-state index contributed by atoms with van der Waals surface area (Å²) in [6, 6.07) is 16.3. The minimum atomic E-state index is -0.522. The van der Waals surface area contributed by atoms with Gasteiger partial charge in [0.25, 0.3) is 0 Å². The fourth-order valence-corrected chi connectivity index (χ4v) is 2.35. The molecule has 1 aromatic heterocycles. The Hall–Kier alpha value is -3.13. The summed E-state index contributed by atoms with van der Waals surface area (Å²) in [4.78, 5) is 10.7. The molecule has 0 spiro atoms. The molecular formula is C16H10N2O3. The molecule has 0 unspecified atom stereocenters. The Balaban J connectivity index is 2.32. The van der Waals surface area contributed by atoms with Gasteiger partial charge in [0, 0.05) is 5.39 Å². The first-order chi connectivity index (χ1) is 10.2. The van der Waals surface area contributed by atoms with Crippen molar-refractivity contribution in [2.75, 3.05) is 0 Å². The molecule has 0 bridgehead atoms. The summed E-state index contributed by atoms with van der Waals surface area (Å²) in [5.41, 5.74) is 2.42. The van der Waals surface area contributed by atoms with Crippen LogP contribution in [0.5, 0.6) is 0 Å². The Morgan fingerprint density at radius 2 is 1.95 bits per heavy atom. The lowest BCUT2D eigenvalue weighted by Gasteiger charge is -1.99. The van der Waals surface area contributed by atoms with Crippen molar-refractivity contribution >= 4 is 16.9 Å². The van der Waals surface area contributed by atoms with E-state index in [-0.39, 0.29) is 12.3 Å². The van der Waals surface area contributed by atoms with Gasteiger partial charge in [0.15, 0.2) is 0 Å². The Bertz CT molecular complexity index is 860. The molecule has 21 heavy (non-hydrogen) atoms. The van der Waals surface area contributed by atoms with Gasteiger partial charge in [-0.2, -0.15) is 5.26 Å². The third-order valence-electron chi connectivity index (χ3n) is 3.25. The third kappa shape index (κ3) is 2.23. The van der Waals surface area contributed by atoms with Gasteiger partial charge in [0.05, 0.1) is 12.5 Å². The van der Waals surface area contributed by atoms with Crippen LogP contribution in [0.1, 0.15) is 5.56 Å². The minimum Gasteiger partial charge on any atom is -0.400 e. The van der Waals surface area contributed by atoms with E-state index >= 15 is 0 Å². The van der Waals surface area contributed by atoms with E-state index < -0.39 is 4.92 Å². The van der Waals surface area contributed by atoms with Crippen molar-refractivity contribution in [2.24, 2.45) is 0 Å². The van der Waals surface area contributed by atoms with Crippen molar-refractivity contribution in [3.8, 4) is 17.2 Å². The fourth-order valence-electron chi connectivity index (χ4n) is 2.35. The summed E-state index contributed by atoms with van der Waals surface area (Å²) in [6.07, 6.45) is 0.253. The highest BCUT2D eigenvalue weighted by Gasteiger charge is 2.25. The number of nitrogens with zero attached hydrogens (tertiary/aromatic N) is 2. The topological polar surface area (TPSA) is 80.1 Å². The van der Waals surface area contributed by atoms with Crippen LogP contribution in [0.2, 0.25) is 0 Å². The first-order valence-corrected chi connectivity index (χ1v) is 6.33. The normalized spacial score (nSPS) is 10.4. The summed E-state index contributed by atoms with van der Waals surface area (Å²) in [6.45, 7) is 0. The van der Waals surface area contributed by atoms with E-state index in [1.807, 2.05) is 18.2 Å². The predicted molar refractivity (Wildman–Crippen MR) is 77.6 cm³/mol. The number of nitriles is 1. The van der Waals surface area contributed by atoms with Gasteiger partial charge in [0.1, 0.15) is 16.1 Å². The van der Waals surface area contributed by atoms with Gasteiger partial charge in [-0.15, -0.1) is 0 Å². The van der Waals surface area contributed by atoms with Crippen LogP contribution >= 0.6 is 0 Å². The van der Waals surface area contributed by atoms with Crippen LogP contribution in [0.25, 0.3) is 22.1 Å². The molecule has 3 aromatic rings. The van der Waals surface area contributed by atoms with Gasteiger partial charge in [0.2, 0.25) is 0 Å². The van der Waals surface area contributed by atoms with Crippen LogP contribution < -0.4 is 0 Å². The monoisotopic (exact) mass is 278 g/mol. The number of furan rings is 1. The van der Waals surface area contributed by atoms with Crippen LogP contribution in [0.15, 0.2) is 52.9 Å². The maximum atomic E-state index is 11.2. The first-order valence-electron chi connectivity index (χ1n) is 6.33. The van der Waals surface area contributed by atoms with Gasteiger partial charge in [-0.25, -0.2) is 0 Å². The maximum Gasteiger partial charge on any atom is 0.442 e. The molecule has 0 saturated heterocycles. The van der Waals surface area contributed by atoms with Crippen molar-refractivity contribution < 1.29 is 9.34 Å². The van der Waals surface area contributed by atoms with E-state index in [4.69, 9.17) is 9.68 Å². The fraction of sp³-hybridized carbons (Fsp3) is 0.0625. The highest BCUT2D eigenvalue weighted by atomic mass is 16.6. The molecule has 0 aliphatic heterocycles. The maximum absolute atomic E-state index is 11.2. The quantitative estimate of drug-likeness (QED) is 0.534. The van der Waals surface area contributed by atoms with Gasteiger partial charge >= 0.3 is 5.88 Å². The molecule has 0 saturated carbocycles. The van der Waals surface area contributed by atoms with E-state index in [0.717, 1.165) is 11.1 Å². The lowest BCUT2D eigenvalue weighted by molar-refractivity contribution is -0.400. The molecule has 0 amide bonds. The van der Waals surface area contributed by atoms with Crippen LogP contribution in [-0.4, -0.2) is 4.92 Å². The van der Waals surface area contributed by atoms with Gasteiger partial charge in [-0.05, 0) is 23.3 Å². The van der Waals surface area contributed by atoms with E-state index in [0.29, 0.717) is 16.5 Å². The highest BCUT2D eigenvalue weighted by Crippen LogP contribution is 2.39. The molecule has 0 aliphatic rings. The lowest BCUT2D eigenvalue weighted by atomic mass is 10.0. The zero-order valence-corrected chi connectivity index (χ0v) is 10.9. The molecule has 1 heterocycles. The molecule has 5 heteroatoms. The van der Waals surface area contributed by atoms with E-state index in [1.165, 1.54) is 0 Å². The number of hydrogen-bond acceptors (Lipinski definition) is 4. The number of rotatable bonds is 3. The average Bonchev–Trinajstić information content (AvgIpc) is 2.87. The molecule has 0 radical (unpaired) electrons. The zero-order valence-electron chi connectivity index (χ0n) is 10.9. The van der Waals surface area contributed by atoms with Crippen molar-refractivity contribution in [1.29, 1.82) is 5.26 Å². The van der Waals surface area contributed by atoms with Gasteiger partial charge < -0.3 is 4.42 Å². The van der Waals surface area contributed by atoms with Crippen molar-refractivity contribution in [3.05, 3.63) is 64.2 Å². The Morgan fingerprint density at radius 3 is 2.62 bits per heavy atom. The summed E-state index contributed by atoms with van der Waals surface area (Å²) in [7, 11) is 0. The largest absolute Gasteiger partial charge is 0.442 e. The Kier molecular flexibility index (Phi) is 3.13. The molecule has 2 aromatic carbocycles. The summed E-state index contributed by atoms with van der Waals surface area (Å²) in [5, 5.41) is 20.7.